The van der Waals surface area contributed by atoms with Crippen LogP contribution < -0.4 is 0 Å². The van der Waals surface area contributed by atoms with Crippen molar-refractivity contribution in [1.82, 2.24) is 0 Å². The molecule has 0 aliphatic heterocycles. The molecule has 10 heavy (non-hydrogen) atoms. The van der Waals surface area contributed by atoms with Gasteiger partial charge in [0.2, 0.25) is 0 Å². The molecule has 0 saturated heterocycles. The highest BCUT2D eigenvalue weighted by Crippen LogP contribution is 2.27. The van der Waals surface area contributed by atoms with Crippen LogP contribution in [0.1, 0.15) is 0 Å². The molecule has 62 valence electrons. The molecular formula is C3H2Cl2F4O. The molecule has 0 aromatic rings. The summed E-state index contributed by atoms with van der Waals surface area (Å²) in [6, 6.07) is 0. The Kier molecular flexibility index (Phi) is 3.19. The van der Waals surface area contributed by atoms with Crippen molar-refractivity contribution < 1.29 is 22.3 Å². The average Bonchev–Trinajstić information content (AvgIpc) is 1.57. The van der Waals surface area contributed by atoms with Crippen molar-refractivity contribution in [1.29, 1.82) is 0 Å². The Morgan fingerprint density at radius 1 is 1.10 bits per heavy atom. The zero-order valence-electron chi connectivity index (χ0n) is 4.38. The molecule has 0 rings (SSSR count). The van der Waals surface area contributed by atoms with Gasteiger partial charge in [0.15, 0.2) is 0 Å². The first-order valence-corrected chi connectivity index (χ1v) is 2.74. The van der Waals surface area contributed by atoms with Crippen molar-refractivity contribution in [2.75, 3.05) is 6.61 Å². The van der Waals surface area contributed by atoms with Gasteiger partial charge in [0, 0.05) is 0 Å². The van der Waals surface area contributed by atoms with Crippen LogP contribution in [0.15, 0.2) is 0 Å². The topological polar surface area (TPSA) is 9.23 Å². The molecule has 1 nitrogen and oxygen atoms in total. The smallest absolute Gasteiger partial charge is 0.312 e. The summed E-state index contributed by atoms with van der Waals surface area (Å²) in [5, 5.41) is 0. The van der Waals surface area contributed by atoms with E-state index in [1.807, 2.05) is 0 Å². The Bertz CT molecular complexity index is 92.1. The van der Waals surface area contributed by atoms with Crippen molar-refractivity contribution in [3.8, 4) is 0 Å². The zero-order chi connectivity index (χ0) is 8.41. The number of halogens is 6. The fourth-order valence-electron chi connectivity index (χ4n) is 0.164. The van der Waals surface area contributed by atoms with Crippen LogP contribution in [0, 0.1) is 0 Å². The summed E-state index contributed by atoms with van der Waals surface area (Å²) < 4.78 is 45.3. The summed E-state index contributed by atoms with van der Waals surface area (Å²) in [5.74, 6) is 0. The summed E-state index contributed by atoms with van der Waals surface area (Å²) in [6.45, 7) is -1.81. The van der Waals surface area contributed by atoms with E-state index in [-0.39, 0.29) is 0 Å². The van der Waals surface area contributed by atoms with Gasteiger partial charge in [-0.1, -0.05) is 0 Å². The summed E-state index contributed by atoms with van der Waals surface area (Å²) in [6.07, 6.45) is -4.62. The third-order valence-corrected chi connectivity index (χ3v) is 0.618. The maximum absolute atomic E-state index is 11.7. The lowest BCUT2D eigenvalue weighted by atomic mass is 10.7. The van der Waals surface area contributed by atoms with Gasteiger partial charge in [-0.15, -0.1) is 0 Å². The summed E-state index contributed by atoms with van der Waals surface area (Å²) in [5.41, 5.74) is 0. The highest BCUT2D eigenvalue weighted by atomic mass is 35.5. The van der Waals surface area contributed by atoms with E-state index < -0.39 is 17.6 Å². The Hall–Kier alpha value is 0.260. The fraction of sp³-hybridized carbons (Fsp3) is 1.00. The van der Waals surface area contributed by atoms with E-state index in [0.717, 1.165) is 0 Å². The Morgan fingerprint density at radius 3 is 1.60 bits per heavy atom. The number of rotatable bonds is 2. The molecule has 0 unspecified atom stereocenters. The lowest BCUT2D eigenvalue weighted by Gasteiger charge is -2.11. The molecule has 0 aliphatic carbocycles. The highest BCUT2D eigenvalue weighted by molar-refractivity contribution is 6.45. The third kappa shape index (κ3) is 8.26. The van der Waals surface area contributed by atoms with Crippen molar-refractivity contribution in [3.05, 3.63) is 0 Å². The molecule has 0 N–H and O–H groups in total. The first-order chi connectivity index (χ1) is 4.21. The molecule has 0 aromatic heterocycles. The van der Waals surface area contributed by atoms with Gasteiger partial charge in [-0.2, -0.15) is 17.6 Å². The lowest BCUT2D eigenvalue weighted by Crippen LogP contribution is -2.23. The molecule has 0 aliphatic rings. The number of ether oxygens (including phenoxy) is 1. The maximum atomic E-state index is 11.7. The van der Waals surface area contributed by atoms with Gasteiger partial charge in [-0.25, -0.2) is 0 Å². The molecule has 0 aromatic carbocycles. The molecular weight excluding hydrogens is 199 g/mol. The van der Waals surface area contributed by atoms with Crippen LogP contribution in [0.5, 0.6) is 0 Å². The van der Waals surface area contributed by atoms with Gasteiger partial charge in [-0.3, -0.25) is 0 Å². The number of alkyl halides is 6. The van der Waals surface area contributed by atoms with Gasteiger partial charge in [-0.05, 0) is 23.2 Å². The van der Waals surface area contributed by atoms with Gasteiger partial charge >= 0.3 is 10.9 Å². The van der Waals surface area contributed by atoms with Crippen LogP contribution >= 0.6 is 23.2 Å². The first-order valence-electron chi connectivity index (χ1n) is 1.98. The number of hydrogen-bond donors (Lipinski definition) is 0. The minimum Gasteiger partial charge on any atom is -0.312 e. The molecule has 0 spiro atoms. The zero-order valence-corrected chi connectivity index (χ0v) is 5.89. The van der Waals surface area contributed by atoms with Gasteiger partial charge in [0.05, 0.1) is 0 Å². The first kappa shape index (κ1) is 10.3. The lowest BCUT2D eigenvalue weighted by molar-refractivity contribution is -0.196. The molecule has 0 bridgehead atoms. The van der Waals surface area contributed by atoms with Crippen LogP contribution in [0.25, 0.3) is 0 Å². The van der Waals surface area contributed by atoms with E-state index in [1.165, 1.54) is 0 Å². The highest BCUT2D eigenvalue weighted by Gasteiger charge is 2.34. The van der Waals surface area contributed by atoms with Gasteiger partial charge < -0.3 is 4.74 Å². The van der Waals surface area contributed by atoms with Crippen molar-refractivity contribution in [2.24, 2.45) is 0 Å². The van der Waals surface area contributed by atoms with E-state index in [1.54, 1.807) is 0 Å². The average molecular weight is 201 g/mol. The normalized spacial score (nSPS) is 13.8. The number of hydrogen-bond acceptors (Lipinski definition) is 1. The molecule has 0 heterocycles. The third-order valence-electron chi connectivity index (χ3n) is 0.399. The van der Waals surface area contributed by atoms with Gasteiger partial charge in [0.25, 0.3) is 0 Å². The van der Waals surface area contributed by atoms with Crippen molar-refractivity contribution in [3.63, 3.8) is 0 Å². The second-order valence-electron chi connectivity index (χ2n) is 1.35. The second kappa shape index (κ2) is 3.11. The van der Waals surface area contributed by atoms with Crippen LogP contribution in [-0.2, 0) is 4.74 Å². The van der Waals surface area contributed by atoms with Crippen LogP contribution in [0.2, 0.25) is 0 Å². The van der Waals surface area contributed by atoms with Gasteiger partial charge in [0.1, 0.15) is 6.61 Å². The van der Waals surface area contributed by atoms with E-state index >= 15 is 0 Å². The predicted octanol–water partition coefficient (Wildman–Crippen LogP) is 2.62. The minimum atomic E-state index is -4.62. The fourth-order valence-corrected chi connectivity index (χ4v) is 0.273. The van der Waals surface area contributed by atoms with Crippen molar-refractivity contribution >= 4 is 23.2 Å². The summed E-state index contributed by atoms with van der Waals surface area (Å²) in [7, 11) is 0. The van der Waals surface area contributed by atoms with Crippen LogP contribution in [-0.4, -0.2) is 17.6 Å². The Morgan fingerprint density at radius 2 is 1.50 bits per heavy atom. The molecule has 0 fully saturated rings. The molecule has 0 radical (unpaired) electrons. The largest absolute Gasteiger partial charge is 0.412 e. The predicted molar refractivity (Wildman–Crippen MR) is 27.6 cm³/mol. The Labute approximate surface area is 63.9 Å². The monoisotopic (exact) mass is 200 g/mol. The summed E-state index contributed by atoms with van der Waals surface area (Å²) in [4.78, 5) is 0. The molecule has 0 atom stereocenters. The van der Waals surface area contributed by atoms with Crippen molar-refractivity contribution in [2.45, 2.75) is 10.9 Å². The van der Waals surface area contributed by atoms with Crippen LogP contribution in [0.4, 0.5) is 17.6 Å². The van der Waals surface area contributed by atoms with E-state index in [0.29, 0.717) is 0 Å². The molecule has 0 saturated carbocycles. The van der Waals surface area contributed by atoms with Crippen LogP contribution in [0.3, 0.4) is 0 Å². The minimum absolute atomic E-state index is 1.81. The van der Waals surface area contributed by atoms with E-state index in [4.69, 9.17) is 0 Å². The SMILES string of the molecule is FC(F)(F)COC(F)(Cl)Cl. The van der Waals surface area contributed by atoms with E-state index in [2.05, 4.69) is 27.9 Å². The Balaban J connectivity index is 3.56. The summed E-state index contributed by atoms with van der Waals surface area (Å²) >= 11 is 8.83. The quantitative estimate of drug-likeness (QED) is 0.492. The molecule has 7 heteroatoms. The maximum Gasteiger partial charge on any atom is 0.412 e. The molecule has 0 amide bonds. The standard InChI is InChI=1S/C3H2Cl2F4O/c4-3(5,9)10-1-2(6,7)8/h1H2. The van der Waals surface area contributed by atoms with E-state index in [9.17, 15) is 17.6 Å². The second-order valence-corrected chi connectivity index (χ2v) is 2.52.